The first-order valence-electron chi connectivity index (χ1n) is 6.49. The fraction of sp³-hybridized carbons (Fsp3) is 0.125. The number of ether oxygens (including phenoxy) is 2. The molecular weight excluding hydrogens is 349 g/mol. The third-order valence-corrected chi connectivity index (χ3v) is 3.25. The van der Waals surface area contributed by atoms with Crippen LogP contribution in [0.15, 0.2) is 42.5 Å². The molecule has 0 aromatic heterocycles. The minimum atomic E-state index is -4.52. The first-order chi connectivity index (χ1) is 11.2. The van der Waals surface area contributed by atoms with Crippen LogP contribution in [0, 0.1) is 0 Å². The van der Waals surface area contributed by atoms with E-state index in [9.17, 15) is 22.8 Å². The first-order valence-corrected chi connectivity index (χ1v) is 6.87. The van der Waals surface area contributed by atoms with E-state index in [0.717, 1.165) is 25.3 Å². The summed E-state index contributed by atoms with van der Waals surface area (Å²) in [4.78, 5) is 22.9. The smallest absolute Gasteiger partial charge is 0.416 e. The quantitative estimate of drug-likeness (QED) is 0.458. The van der Waals surface area contributed by atoms with E-state index in [1.807, 2.05) is 0 Å². The second kappa shape index (κ2) is 6.92. The predicted octanol–water partition coefficient (Wildman–Crippen LogP) is 4.51. The Bertz CT molecular complexity index is 787. The maximum Gasteiger partial charge on any atom is 0.416 e. The lowest BCUT2D eigenvalue weighted by molar-refractivity contribution is -0.137. The van der Waals surface area contributed by atoms with Gasteiger partial charge in [-0.15, -0.1) is 0 Å². The van der Waals surface area contributed by atoms with Crippen LogP contribution in [0.2, 0.25) is 5.02 Å². The number of methoxy groups -OCH3 is 1. The lowest BCUT2D eigenvalue weighted by Gasteiger charge is -2.11. The number of benzene rings is 2. The summed E-state index contributed by atoms with van der Waals surface area (Å²) in [6.45, 7) is 0. The van der Waals surface area contributed by atoms with Crippen molar-refractivity contribution in [1.82, 2.24) is 0 Å². The summed E-state index contributed by atoms with van der Waals surface area (Å²) in [5, 5.41) is -0.241. The molecule has 2 aromatic rings. The zero-order valence-electron chi connectivity index (χ0n) is 12.2. The highest BCUT2D eigenvalue weighted by Crippen LogP contribution is 2.36. The third-order valence-electron chi connectivity index (χ3n) is 2.95. The molecule has 4 nitrogen and oxygen atoms in total. The Balaban J connectivity index is 2.26. The Morgan fingerprint density at radius 1 is 1.08 bits per heavy atom. The zero-order valence-corrected chi connectivity index (χ0v) is 12.9. The van der Waals surface area contributed by atoms with Gasteiger partial charge < -0.3 is 9.47 Å². The van der Waals surface area contributed by atoms with E-state index >= 15 is 0 Å². The van der Waals surface area contributed by atoms with Crippen LogP contribution in [0.3, 0.4) is 0 Å². The summed E-state index contributed by atoms with van der Waals surface area (Å²) in [5.74, 6) is -1.81. The highest BCUT2D eigenvalue weighted by molar-refractivity contribution is 6.40. The van der Waals surface area contributed by atoms with E-state index < -0.39 is 23.5 Å². The summed E-state index contributed by atoms with van der Waals surface area (Å²) >= 11 is 5.79. The average Bonchev–Trinajstić information content (AvgIpc) is 2.54. The van der Waals surface area contributed by atoms with Crippen LogP contribution in [-0.4, -0.2) is 18.9 Å². The molecular formula is C16H10ClF3O4. The molecule has 0 bridgehead atoms. The maximum absolute atomic E-state index is 12.6. The van der Waals surface area contributed by atoms with Gasteiger partial charge >= 0.3 is 12.1 Å². The molecule has 0 saturated heterocycles. The monoisotopic (exact) mass is 358 g/mol. The van der Waals surface area contributed by atoms with Gasteiger partial charge in [0.15, 0.2) is 0 Å². The fourth-order valence-electron chi connectivity index (χ4n) is 1.80. The molecule has 0 N–H and O–H groups in total. The van der Waals surface area contributed by atoms with Crippen molar-refractivity contribution in [1.29, 1.82) is 0 Å². The number of ketones is 1. The van der Waals surface area contributed by atoms with Gasteiger partial charge in [0, 0.05) is 5.56 Å². The molecule has 2 rings (SSSR count). The highest BCUT2D eigenvalue weighted by atomic mass is 35.5. The molecule has 0 heterocycles. The van der Waals surface area contributed by atoms with Gasteiger partial charge in [0.05, 0.1) is 17.7 Å². The molecule has 0 unspecified atom stereocenters. The van der Waals surface area contributed by atoms with Crippen molar-refractivity contribution in [3.8, 4) is 11.5 Å². The van der Waals surface area contributed by atoms with Crippen LogP contribution in [-0.2, 0) is 15.7 Å². The van der Waals surface area contributed by atoms with Crippen molar-refractivity contribution in [2.45, 2.75) is 6.18 Å². The molecule has 0 radical (unpaired) electrons. The molecule has 0 atom stereocenters. The first kappa shape index (κ1) is 17.8. The van der Waals surface area contributed by atoms with Crippen LogP contribution in [0.1, 0.15) is 15.9 Å². The minimum Gasteiger partial charge on any atom is -0.463 e. The number of rotatable bonds is 4. The summed E-state index contributed by atoms with van der Waals surface area (Å²) in [6, 6.07) is 8.17. The van der Waals surface area contributed by atoms with E-state index in [0.29, 0.717) is 0 Å². The standard InChI is InChI=1S/C16H10ClF3O4/c1-23-15(22)14(21)9-3-2-4-11(7-9)24-13-6-5-10(8-12(13)17)16(18,19)20/h2-8H,1H3. The number of Topliss-reactive ketones (excluding diaryl/α,β-unsaturated/α-hetero) is 1. The molecule has 0 saturated carbocycles. The van der Waals surface area contributed by atoms with Crippen molar-refractivity contribution in [2.24, 2.45) is 0 Å². The number of alkyl halides is 3. The van der Waals surface area contributed by atoms with E-state index in [1.54, 1.807) is 0 Å². The molecule has 0 fully saturated rings. The van der Waals surface area contributed by atoms with Crippen LogP contribution in [0.5, 0.6) is 11.5 Å². The number of hydrogen-bond donors (Lipinski definition) is 0. The predicted molar refractivity (Wildman–Crippen MR) is 79.3 cm³/mol. The lowest BCUT2D eigenvalue weighted by Crippen LogP contribution is -2.15. The Morgan fingerprint density at radius 2 is 1.79 bits per heavy atom. The van der Waals surface area contributed by atoms with Crippen LogP contribution in [0.25, 0.3) is 0 Å². The summed E-state index contributed by atoms with van der Waals surface area (Å²) in [7, 11) is 1.07. The lowest BCUT2D eigenvalue weighted by atomic mass is 10.1. The van der Waals surface area contributed by atoms with E-state index in [-0.39, 0.29) is 22.1 Å². The van der Waals surface area contributed by atoms with E-state index in [2.05, 4.69) is 4.74 Å². The van der Waals surface area contributed by atoms with Crippen molar-refractivity contribution < 1.29 is 32.2 Å². The number of halogens is 4. The molecule has 24 heavy (non-hydrogen) atoms. The topological polar surface area (TPSA) is 52.6 Å². The Hall–Kier alpha value is -2.54. The molecule has 0 amide bonds. The molecule has 2 aromatic carbocycles. The molecule has 0 aliphatic rings. The van der Waals surface area contributed by atoms with Crippen molar-refractivity contribution in [2.75, 3.05) is 7.11 Å². The Kier molecular flexibility index (Phi) is 5.14. The van der Waals surface area contributed by atoms with Crippen molar-refractivity contribution in [3.05, 3.63) is 58.6 Å². The molecule has 8 heteroatoms. The van der Waals surface area contributed by atoms with Gasteiger partial charge in [-0.25, -0.2) is 4.79 Å². The van der Waals surface area contributed by atoms with Gasteiger partial charge in [0.2, 0.25) is 0 Å². The summed E-state index contributed by atoms with van der Waals surface area (Å²) < 4.78 is 47.5. The van der Waals surface area contributed by atoms with Gasteiger partial charge in [0.1, 0.15) is 11.5 Å². The van der Waals surface area contributed by atoms with Crippen molar-refractivity contribution in [3.63, 3.8) is 0 Å². The van der Waals surface area contributed by atoms with Gasteiger partial charge in [-0.1, -0.05) is 23.7 Å². The van der Waals surface area contributed by atoms with Gasteiger partial charge in [-0.2, -0.15) is 13.2 Å². The normalized spacial score (nSPS) is 11.0. The molecule has 0 aliphatic heterocycles. The maximum atomic E-state index is 12.6. The van der Waals surface area contributed by atoms with Crippen LogP contribution in [0.4, 0.5) is 13.2 Å². The highest BCUT2D eigenvalue weighted by Gasteiger charge is 2.31. The number of carbonyl (C=O) groups is 2. The number of esters is 1. The van der Waals surface area contributed by atoms with E-state index in [4.69, 9.17) is 16.3 Å². The van der Waals surface area contributed by atoms with Gasteiger partial charge in [0.25, 0.3) is 5.78 Å². The molecule has 0 spiro atoms. The number of carbonyl (C=O) groups excluding carboxylic acids is 2. The zero-order chi connectivity index (χ0) is 17.9. The largest absolute Gasteiger partial charge is 0.463 e. The minimum absolute atomic E-state index is 0.0161. The third kappa shape index (κ3) is 4.05. The summed E-state index contributed by atoms with van der Waals surface area (Å²) in [6.07, 6.45) is -4.52. The fourth-order valence-corrected chi connectivity index (χ4v) is 2.02. The van der Waals surface area contributed by atoms with Crippen LogP contribution < -0.4 is 4.74 Å². The number of hydrogen-bond acceptors (Lipinski definition) is 4. The van der Waals surface area contributed by atoms with Gasteiger partial charge in [-0.3, -0.25) is 4.79 Å². The molecule has 126 valence electrons. The average molecular weight is 359 g/mol. The molecule has 0 aliphatic carbocycles. The SMILES string of the molecule is COC(=O)C(=O)c1cccc(Oc2ccc(C(F)(F)F)cc2Cl)c1. The second-order valence-corrected chi connectivity index (χ2v) is 5.00. The van der Waals surface area contributed by atoms with E-state index in [1.165, 1.54) is 24.3 Å². The van der Waals surface area contributed by atoms with Crippen LogP contribution >= 0.6 is 11.6 Å². The van der Waals surface area contributed by atoms with Crippen molar-refractivity contribution >= 4 is 23.4 Å². The Labute approximate surface area is 139 Å². The summed E-state index contributed by atoms with van der Waals surface area (Å²) in [5.41, 5.74) is -0.892. The second-order valence-electron chi connectivity index (χ2n) is 4.59. The Morgan fingerprint density at radius 3 is 2.38 bits per heavy atom. The van der Waals surface area contributed by atoms with Gasteiger partial charge in [-0.05, 0) is 30.3 Å².